The lowest BCUT2D eigenvalue weighted by Gasteiger charge is -2.20. The normalized spacial score (nSPS) is 11.4. The van der Waals surface area contributed by atoms with Gasteiger partial charge in [0.05, 0.1) is 11.9 Å². The molecule has 0 spiro atoms. The summed E-state index contributed by atoms with van der Waals surface area (Å²) in [4.78, 5) is 30.7. The highest BCUT2D eigenvalue weighted by molar-refractivity contribution is 5.93. The van der Waals surface area contributed by atoms with Crippen molar-refractivity contribution in [3.05, 3.63) is 54.2 Å². The van der Waals surface area contributed by atoms with Crippen LogP contribution >= 0.6 is 0 Å². The van der Waals surface area contributed by atoms with Gasteiger partial charge in [-0.25, -0.2) is 9.78 Å². The molecule has 0 bridgehead atoms. The van der Waals surface area contributed by atoms with Crippen molar-refractivity contribution >= 4 is 23.4 Å². The monoisotopic (exact) mass is 369 g/mol. The largest absolute Gasteiger partial charge is 0.357 e. The lowest BCUT2D eigenvalue weighted by Crippen LogP contribution is -2.46. The first-order chi connectivity index (χ1) is 13.0. The molecular weight excluding hydrogens is 342 g/mol. The van der Waals surface area contributed by atoms with E-state index in [4.69, 9.17) is 0 Å². The highest BCUT2D eigenvalue weighted by Crippen LogP contribution is 2.13. The van der Waals surface area contributed by atoms with Crippen LogP contribution in [0.15, 0.2) is 48.7 Å². The summed E-state index contributed by atoms with van der Waals surface area (Å²) in [5.41, 5.74) is 1.57. The van der Waals surface area contributed by atoms with Gasteiger partial charge in [-0.05, 0) is 38.5 Å². The van der Waals surface area contributed by atoms with Crippen LogP contribution in [0, 0.1) is 0 Å². The van der Waals surface area contributed by atoms with Crippen molar-refractivity contribution in [2.75, 3.05) is 23.3 Å². The fraction of sp³-hybridized carbons (Fsp3) is 0.350. The van der Waals surface area contributed by atoms with Gasteiger partial charge in [0, 0.05) is 19.6 Å². The molecule has 144 valence electrons. The molecule has 0 aliphatic rings. The number of aromatic nitrogens is 1. The second-order valence-electron chi connectivity index (χ2n) is 6.10. The van der Waals surface area contributed by atoms with E-state index in [0.717, 1.165) is 24.5 Å². The van der Waals surface area contributed by atoms with Crippen LogP contribution in [0.25, 0.3) is 0 Å². The quantitative estimate of drug-likeness (QED) is 0.668. The number of hydrogen-bond acceptors (Lipinski definition) is 4. The summed E-state index contributed by atoms with van der Waals surface area (Å²) in [5, 5.41) is 8.12. The van der Waals surface area contributed by atoms with Crippen LogP contribution in [0.4, 0.5) is 16.3 Å². The molecule has 0 radical (unpaired) electrons. The van der Waals surface area contributed by atoms with E-state index < -0.39 is 12.1 Å². The summed E-state index contributed by atoms with van der Waals surface area (Å²) in [7, 11) is 0. The molecule has 2 aromatic rings. The van der Waals surface area contributed by atoms with E-state index >= 15 is 0 Å². The van der Waals surface area contributed by atoms with Crippen LogP contribution in [0.5, 0.6) is 0 Å². The van der Waals surface area contributed by atoms with Gasteiger partial charge in [0.1, 0.15) is 11.9 Å². The summed E-state index contributed by atoms with van der Waals surface area (Å²) < 4.78 is 0. The zero-order valence-corrected chi connectivity index (χ0v) is 16.0. The Labute approximate surface area is 160 Å². The molecule has 0 saturated heterocycles. The SMILES string of the molecule is CCN(CC)c1ccc(NC(=O)NC(C)C(=O)NCc2ccccc2)cn1. The minimum Gasteiger partial charge on any atom is -0.357 e. The predicted octanol–water partition coefficient (Wildman–Crippen LogP) is 2.75. The van der Waals surface area contributed by atoms with Crippen LogP contribution in [0.1, 0.15) is 26.3 Å². The van der Waals surface area contributed by atoms with E-state index in [0.29, 0.717) is 12.2 Å². The minimum atomic E-state index is -0.656. The molecule has 7 nitrogen and oxygen atoms in total. The van der Waals surface area contributed by atoms with E-state index in [1.807, 2.05) is 36.4 Å². The highest BCUT2D eigenvalue weighted by atomic mass is 16.2. The number of nitrogens with one attached hydrogen (secondary N) is 3. The van der Waals surface area contributed by atoms with Gasteiger partial charge in [-0.2, -0.15) is 0 Å². The number of carbonyl (C=O) groups is 2. The lowest BCUT2D eigenvalue weighted by molar-refractivity contribution is -0.122. The molecule has 1 aromatic carbocycles. The van der Waals surface area contributed by atoms with Crippen LogP contribution in [0.2, 0.25) is 0 Å². The third-order valence-electron chi connectivity index (χ3n) is 4.14. The van der Waals surface area contributed by atoms with Crippen LogP contribution in [0.3, 0.4) is 0 Å². The standard InChI is InChI=1S/C20H27N5O2/c1-4-25(5-2)18-12-11-17(14-21-18)24-20(27)23-15(3)19(26)22-13-16-9-7-6-8-10-16/h6-12,14-15H,4-5,13H2,1-3H3,(H,22,26)(H2,23,24,27). The van der Waals surface area contributed by atoms with Gasteiger partial charge in [0.25, 0.3) is 0 Å². The smallest absolute Gasteiger partial charge is 0.319 e. The fourth-order valence-electron chi connectivity index (χ4n) is 2.56. The van der Waals surface area contributed by atoms with Gasteiger partial charge in [-0.3, -0.25) is 4.79 Å². The second-order valence-corrected chi connectivity index (χ2v) is 6.10. The van der Waals surface area contributed by atoms with Crippen molar-refractivity contribution in [1.29, 1.82) is 0 Å². The maximum absolute atomic E-state index is 12.1. The molecule has 0 aliphatic carbocycles. The van der Waals surface area contributed by atoms with E-state index in [1.165, 1.54) is 0 Å². The number of rotatable bonds is 8. The fourth-order valence-corrected chi connectivity index (χ4v) is 2.56. The van der Waals surface area contributed by atoms with E-state index in [2.05, 4.69) is 39.7 Å². The Bertz CT molecular complexity index is 730. The number of hydrogen-bond donors (Lipinski definition) is 3. The Morgan fingerprint density at radius 3 is 2.37 bits per heavy atom. The molecule has 0 saturated carbocycles. The van der Waals surface area contributed by atoms with Gasteiger partial charge >= 0.3 is 6.03 Å². The average molecular weight is 369 g/mol. The number of amides is 3. The van der Waals surface area contributed by atoms with E-state index in [1.54, 1.807) is 19.2 Å². The van der Waals surface area contributed by atoms with Crippen LogP contribution in [-0.2, 0) is 11.3 Å². The third-order valence-corrected chi connectivity index (χ3v) is 4.14. The molecule has 1 aromatic heterocycles. The number of urea groups is 1. The molecular formula is C20H27N5O2. The van der Waals surface area contributed by atoms with Gasteiger partial charge in [0.15, 0.2) is 0 Å². The number of pyridine rings is 1. The van der Waals surface area contributed by atoms with Crippen molar-refractivity contribution in [1.82, 2.24) is 15.6 Å². The highest BCUT2D eigenvalue weighted by Gasteiger charge is 2.15. The van der Waals surface area contributed by atoms with Crippen molar-refractivity contribution in [3.8, 4) is 0 Å². The number of benzene rings is 1. The predicted molar refractivity (Wildman–Crippen MR) is 108 cm³/mol. The number of anilines is 2. The molecule has 27 heavy (non-hydrogen) atoms. The van der Waals surface area contributed by atoms with Crippen molar-refractivity contribution in [2.24, 2.45) is 0 Å². The summed E-state index contributed by atoms with van der Waals surface area (Å²) in [6, 6.07) is 12.2. The van der Waals surface area contributed by atoms with E-state index in [-0.39, 0.29) is 5.91 Å². The van der Waals surface area contributed by atoms with Crippen molar-refractivity contribution in [3.63, 3.8) is 0 Å². The van der Waals surface area contributed by atoms with Crippen LogP contribution < -0.4 is 20.9 Å². The zero-order valence-electron chi connectivity index (χ0n) is 16.0. The summed E-state index contributed by atoms with van der Waals surface area (Å²) in [5.74, 6) is 0.614. The van der Waals surface area contributed by atoms with Crippen LogP contribution in [-0.4, -0.2) is 36.1 Å². The average Bonchev–Trinajstić information content (AvgIpc) is 2.69. The van der Waals surface area contributed by atoms with Gasteiger partial charge in [0.2, 0.25) is 5.91 Å². The number of carbonyl (C=O) groups excluding carboxylic acids is 2. The first-order valence-corrected chi connectivity index (χ1v) is 9.13. The Morgan fingerprint density at radius 2 is 1.78 bits per heavy atom. The first-order valence-electron chi connectivity index (χ1n) is 9.13. The maximum Gasteiger partial charge on any atom is 0.319 e. The van der Waals surface area contributed by atoms with Gasteiger partial charge in [-0.15, -0.1) is 0 Å². The lowest BCUT2D eigenvalue weighted by atomic mass is 10.2. The van der Waals surface area contributed by atoms with Gasteiger partial charge in [-0.1, -0.05) is 30.3 Å². The van der Waals surface area contributed by atoms with Crippen molar-refractivity contribution in [2.45, 2.75) is 33.4 Å². The summed E-state index contributed by atoms with van der Waals surface area (Å²) in [6.07, 6.45) is 1.60. The van der Waals surface area contributed by atoms with Crippen molar-refractivity contribution < 1.29 is 9.59 Å². The first kappa shape index (κ1) is 20.2. The van der Waals surface area contributed by atoms with E-state index in [9.17, 15) is 9.59 Å². The Kier molecular flexibility index (Phi) is 7.61. The summed E-state index contributed by atoms with van der Waals surface area (Å²) >= 11 is 0. The maximum atomic E-state index is 12.1. The Morgan fingerprint density at radius 1 is 1.07 bits per heavy atom. The molecule has 0 aliphatic heterocycles. The molecule has 1 atom stereocenters. The summed E-state index contributed by atoms with van der Waals surface area (Å²) in [6.45, 7) is 7.93. The molecule has 3 amide bonds. The Balaban J connectivity index is 1.81. The molecule has 1 heterocycles. The van der Waals surface area contributed by atoms with Gasteiger partial charge < -0.3 is 20.9 Å². The topological polar surface area (TPSA) is 86.4 Å². The zero-order chi connectivity index (χ0) is 19.6. The molecule has 1 unspecified atom stereocenters. The minimum absolute atomic E-state index is 0.246. The second kappa shape index (κ2) is 10.2. The molecule has 7 heteroatoms. The molecule has 3 N–H and O–H groups in total. The molecule has 0 fully saturated rings. The third kappa shape index (κ3) is 6.29. The molecule has 2 rings (SSSR count). The Hall–Kier alpha value is -3.09. The number of nitrogens with zero attached hydrogens (tertiary/aromatic N) is 2.